The summed E-state index contributed by atoms with van der Waals surface area (Å²) in [5.41, 5.74) is 2.10. The molecule has 134 valence electrons. The number of alkyl halides is 2. The van der Waals surface area contributed by atoms with Crippen molar-refractivity contribution in [1.82, 2.24) is 9.88 Å². The van der Waals surface area contributed by atoms with Gasteiger partial charge < -0.3 is 15.0 Å². The second-order valence-corrected chi connectivity index (χ2v) is 5.69. The lowest BCUT2D eigenvalue weighted by Gasteiger charge is -2.25. The number of ether oxygens (including phenoxy) is 1. The zero-order chi connectivity index (χ0) is 18.4. The van der Waals surface area contributed by atoms with Crippen LogP contribution in [-0.4, -0.2) is 36.0 Å². The van der Waals surface area contributed by atoms with Crippen LogP contribution in [-0.2, 0) is 0 Å². The van der Waals surface area contributed by atoms with Crippen molar-refractivity contribution < 1.29 is 18.3 Å². The van der Waals surface area contributed by atoms with Crippen molar-refractivity contribution in [2.45, 2.75) is 26.3 Å². The molecule has 7 heteroatoms. The topological polar surface area (TPSA) is 54.5 Å². The van der Waals surface area contributed by atoms with E-state index in [2.05, 4.69) is 10.3 Å². The van der Waals surface area contributed by atoms with E-state index in [9.17, 15) is 13.6 Å². The first kappa shape index (κ1) is 18.6. The van der Waals surface area contributed by atoms with Crippen LogP contribution in [0.2, 0.25) is 0 Å². The van der Waals surface area contributed by atoms with Gasteiger partial charge in [0.25, 0.3) is 6.43 Å². The number of carbonyl (C=O) groups excluding carboxylic acids is 1. The highest BCUT2D eigenvalue weighted by Crippen LogP contribution is 2.24. The largest absolute Gasteiger partial charge is 0.487 e. The van der Waals surface area contributed by atoms with Crippen LogP contribution in [0.3, 0.4) is 0 Å². The van der Waals surface area contributed by atoms with Crippen LogP contribution in [0.1, 0.15) is 24.1 Å². The molecular weight excluding hydrogens is 328 g/mol. The van der Waals surface area contributed by atoms with Gasteiger partial charge in [-0.05, 0) is 37.1 Å². The average molecular weight is 349 g/mol. The van der Waals surface area contributed by atoms with Gasteiger partial charge in [0.1, 0.15) is 12.4 Å². The van der Waals surface area contributed by atoms with E-state index in [1.807, 2.05) is 19.1 Å². The fourth-order valence-corrected chi connectivity index (χ4v) is 2.22. The van der Waals surface area contributed by atoms with Gasteiger partial charge in [0.05, 0.1) is 6.04 Å². The fraction of sp³-hybridized carbons (Fsp3) is 0.333. The Balaban J connectivity index is 2.05. The van der Waals surface area contributed by atoms with Crippen LogP contribution in [0, 0.1) is 6.92 Å². The summed E-state index contributed by atoms with van der Waals surface area (Å²) < 4.78 is 29.7. The van der Waals surface area contributed by atoms with Crippen molar-refractivity contribution in [3.8, 4) is 5.75 Å². The highest BCUT2D eigenvalue weighted by atomic mass is 19.3. The molecule has 0 bridgehead atoms. The molecule has 0 aliphatic rings. The van der Waals surface area contributed by atoms with E-state index in [0.717, 1.165) is 11.1 Å². The second-order valence-electron chi connectivity index (χ2n) is 5.69. The van der Waals surface area contributed by atoms with Gasteiger partial charge in [-0.1, -0.05) is 12.1 Å². The van der Waals surface area contributed by atoms with Gasteiger partial charge in [-0.15, -0.1) is 0 Å². The zero-order valence-corrected chi connectivity index (χ0v) is 14.4. The summed E-state index contributed by atoms with van der Waals surface area (Å²) in [4.78, 5) is 18.0. The summed E-state index contributed by atoms with van der Waals surface area (Å²) in [6, 6.07) is 8.16. The monoisotopic (exact) mass is 349 g/mol. The molecule has 0 saturated heterocycles. The normalized spacial score (nSPS) is 11.9. The Morgan fingerprint density at radius 2 is 2.12 bits per heavy atom. The summed E-state index contributed by atoms with van der Waals surface area (Å²) in [6.45, 7) is 2.96. The van der Waals surface area contributed by atoms with E-state index >= 15 is 0 Å². The molecule has 0 aliphatic carbocycles. The third kappa shape index (κ3) is 5.14. The molecule has 1 atom stereocenters. The summed E-state index contributed by atoms with van der Waals surface area (Å²) in [6.07, 6.45) is 0.823. The number of anilines is 1. The minimum atomic E-state index is -2.55. The molecule has 0 aliphatic heterocycles. The number of nitrogens with one attached hydrogen (secondary N) is 1. The smallest absolute Gasteiger partial charge is 0.322 e. The van der Waals surface area contributed by atoms with Gasteiger partial charge in [0.2, 0.25) is 0 Å². The molecule has 25 heavy (non-hydrogen) atoms. The second kappa shape index (κ2) is 8.41. The molecule has 0 fully saturated rings. The van der Waals surface area contributed by atoms with Crippen molar-refractivity contribution in [2.24, 2.45) is 0 Å². The predicted molar refractivity (Wildman–Crippen MR) is 92.1 cm³/mol. The molecular formula is C18H21F2N3O2. The lowest BCUT2D eigenvalue weighted by Crippen LogP contribution is -2.33. The van der Waals surface area contributed by atoms with Crippen LogP contribution in [0.25, 0.3) is 0 Å². The first-order chi connectivity index (χ1) is 11.9. The number of aromatic nitrogens is 1. The third-order valence-electron chi connectivity index (χ3n) is 3.87. The van der Waals surface area contributed by atoms with E-state index in [4.69, 9.17) is 4.74 Å². The van der Waals surface area contributed by atoms with E-state index in [-0.39, 0.29) is 12.1 Å². The molecule has 5 nitrogen and oxygen atoms in total. The van der Waals surface area contributed by atoms with Crippen LogP contribution in [0.15, 0.2) is 42.7 Å². The average Bonchev–Trinajstić information content (AvgIpc) is 2.61. The number of benzene rings is 1. The number of carbonyl (C=O) groups is 1. The van der Waals surface area contributed by atoms with Crippen molar-refractivity contribution in [1.29, 1.82) is 0 Å². The Kier molecular flexibility index (Phi) is 6.27. The van der Waals surface area contributed by atoms with Crippen LogP contribution in [0.5, 0.6) is 5.75 Å². The standard InChI is InChI=1S/C18H21F2N3O2/c1-12-6-7-15(9-16(12)25-11-17(19)20)22-18(24)23(3)13(2)14-5-4-8-21-10-14/h4-10,13,17H,11H2,1-3H3,(H,22,24). The highest BCUT2D eigenvalue weighted by Gasteiger charge is 2.18. The fourth-order valence-electron chi connectivity index (χ4n) is 2.22. The number of hydrogen-bond acceptors (Lipinski definition) is 3. The number of rotatable bonds is 6. The molecule has 2 rings (SSSR count). The van der Waals surface area contributed by atoms with Crippen LogP contribution >= 0.6 is 0 Å². The van der Waals surface area contributed by atoms with E-state index in [1.165, 1.54) is 11.0 Å². The first-order valence-corrected chi connectivity index (χ1v) is 7.84. The molecule has 2 aromatic rings. The van der Waals surface area contributed by atoms with Crippen LogP contribution in [0.4, 0.5) is 19.3 Å². The van der Waals surface area contributed by atoms with Gasteiger partial charge in [0.15, 0.2) is 0 Å². The lowest BCUT2D eigenvalue weighted by atomic mass is 10.1. The Labute approximate surface area is 145 Å². The Morgan fingerprint density at radius 1 is 1.36 bits per heavy atom. The first-order valence-electron chi connectivity index (χ1n) is 7.84. The summed E-state index contributed by atoms with van der Waals surface area (Å²) in [5, 5.41) is 2.75. The lowest BCUT2D eigenvalue weighted by molar-refractivity contribution is 0.0816. The number of amides is 2. The Morgan fingerprint density at radius 3 is 2.76 bits per heavy atom. The quantitative estimate of drug-likeness (QED) is 0.848. The molecule has 1 heterocycles. The third-order valence-corrected chi connectivity index (χ3v) is 3.87. The van der Waals surface area contributed by atoms with Crippen LogP contribution < -0.4 is 10.1 Å². The molecule has 0 spiro atoms. The number of hydrogen-bond donors (Lipinski definition) is 1. The van der Waals surface area contributed by atoms with Gasteiger partial charge in [-0.25, -0.2) is 13.6 Å². The van der Waals surface area contributed by atoms with Gasteiger partial charge in [-0.2, -0.15) is 0 Å². The molecule has 0 saturated carbocycles. The minimum absolute atomic E-state index is 0.172. The van der Waals surface area contributed by atoms with E-state index in [0.29, 0.717) is 11.4 Å². The zero-order valence-electron chi connectivity index (χ0n) is 14.4. The van der Waals surface area contributed by atoms with Gasteiger partial charge in [0, 0.05) is 31.2 Å². The highest BCUT2D eigenvalue weighted by molar-refractivity contribution is 5.89. The maximum atomic E-state index is 12.4. The van der Waals surface area contributed by atoms with Crippen molar-refractivity contribution in [3.05, 3.63) is 53.9 Å². The van der Waals surface area contributed by atoms with E-state index in [1.54, 1.807) is 38.5 Å². The summed E-state index contributed by atoms with van der Waals surface area (Å²) in [5.74, 6) is 0.320. The van der Waals surface area contributed by atoms with Crippen molar-refractivity contribution in [2.75, 3.05) is 19.0 Å². The minimum Gasteiger partial charge on any atom is -0.487 e. The summed E-state index contributed by atoms with van der Waals surface area (Å²) in [7, 11) is 1.68. The molecule has 0 radical (unpaired) electrons. The SMILES string of the molecule is Cc1ccc(NC(=O)N(C)C(C)c2cccnc2)cc1OCC(F)F. The predicted octanol–water partition coefficient (Wildman–Crippen LogP) is 4.26. The number of aryl methyl sites for hydroxylation is 1. The van der Waals surface area contributed by atoms with Gasteiger partial charge in [-0.3, -0.25) is 4.98 Å². The Bertz CT molecular complexity index is 711. The number of urea groups is 1. The van der Waals surface area contributed by atoms with E-state index < -0.39 is 13.0 Å². The molecule has 1 N–H and O–H groups in total. The maximum Gasteiger partial charge on any atom is 0.322 e. The molecule has 1 aromatic heterocycles. The molecule has 1 aromatic carbocycles. The van der Waals surface area contributed by atoms with Crippen molar-refractivity contribution >= 4 is 11.7 Å². The maximum absolute atomic E-state index is 12.4. The summed E-state index contributed by atoms with van der Waals surface area (Å²) >= 11 is 0. The number of nitrogens with zero attached hydrogens (tertiary/aromatic N) is 2. The Hall–Kier alpha value is -2.70. The molecule has 2 amide bonds. The van der Waals surface area contributed by atoms with Crippen molar-refractivity contribution in [3.63, 3.8) is 0 Å². The van der Waals surface area contributed by atoms with Gasteiger partial charge >= 0.3 is 6.03 Å². The number of halogens is 2. The molecule has 1 unspecified atom stereocenters. The number of pyridine rings is 1.